The molecule has 0 N–H and O–H groups in total. The summed E-state index contributed by atoms with van der Waals surface area (Å²) in [6, 6.07) is 0. The summed E-state index contributed by atoms with van der Waals surface area (Å²) >= 11 is 0. The van der Waals surface area contributed by atoms with E-state index in [1.54, 1.807) is 6.26 Å². The molecule has 0 bridgehead atoms. The van der Waals surface area contributed by atoms with Gasteiger partial charge < -0.3 is 4.74 Å². The van der Waals surface area contributed by atoms with Crippen LogP contribution in [0.5, 0.6) is 0 Å². The van der Waals surface area contributed by atoms with Crippen molar-refractivity contribution in [2.45, 2.75) is 58.0 Å². The Morgan fingerprint density at radius 1 is 1.14 bits per heavy atom. The van der Waals surface area contributed by atoms with E-state index in [2.05, 4.69) is 20.1 Å². The van der Waals surface area contributed by atoms with E-state index in [1.807, 2.05) is 6.08 Å². The zero-order valence-corrected chi connectivity index (χ0v) is 9.50. The van der Waals surface area contributed by atoms with Crippen molar-refractivity contribution < 1.29 is 4.74 Å². The lowest BCUT2D eigenvalue weighted by Gasteiger charge is -2.14. The molecule has 0 saturated carbocycles. The van der Waals surface area contributed by atoms with Gasteiger partial charge in [-0.05, 0) is 12.8 Å². The van der Waals surface area contributed by atoms with Crippen LogP contribution in [0.25, 0.3) is 0 Å². The van der Waals surface area contributed by atoms with Gasteiger partial charge in [-0.1, -0.05) is 45.3 Å². The highest BCUT2D eigenvalue weighted by Crippen LogP contribution is 2.12. The minimum Gasteiger partial charge on any atom is -0.498 e. The summed E-state index contributed by atoms with van der Waals surface area (Å²) in [5, 5.41) is 0. The van der Waals surface area contributed by atoms with E-state index in [-0.39, 0.29) is 0 Å². The van der Waals surface area contributed by atoms with Crippen LogP contribution in [0, 0.1) is 0 Å². The van der Waals surface area contributed by atoms with Crippen LogP contribution in [0.3, 0.4) is 0 Å². The second-order valence-electron chi connectivity index (χ2n) is 3.65. The maximum atomic E-state index is 5.38. The van der Waals surface area contributed by atoms with E-state index in [9.17, 15) is 0 Å². The first-order valence-electron chi connectivity index (χ1n) is 5.72. The predicted molar refractivity (Wildman–Crippen MR) is 63.3 cm³/mol. The van der Waals surface area contributed by atoms with E-state index < -0.39 is 0 Å². The van der Waals surface area contributed by atoms with Gasteiger partial charge in [0.1, 0.15) is 6.10 Å². The smallest absolute Gasteiger partial charge is 0.101 e. The molecule has 0 aliphatic rings. The summed E-state index contributed by atoms with van der Waals surface area (Å²) in [7, 11) is 0. The molecule has 82 valence electrons. The third-order valence-electron chi connectivity index (χ3n) is 2.35. The van der Waals surface area contributed by atoms with Crippen molar-refractivity contribution in [3.05, 3.63) is 25.5 Å². The maximum absolute atomic E-state index is 5.38. The molecule has 0 aromatic carbocycles. The molecule has 1 nitrogen and oxygen atoms in total. The minimum absolute atomic E-state index is 0.298. The van der Waals surface area contributed by atoms with Gasteiger partial charge in [-0.15, -0.1) is 6.58 Å². The Hall–Kier alpha value is -0.720. The average Bonchev–Trinajstić information content (AvgIpc) is 2.18. The lowest BCUT2D eigenvalue weighted by Crippen LogP contribution is -2.07. The first-order chi connectivity index (χ1) is 6.85. The first kappa shape index (κ1) is 13.3. The Morgan fingerprint density at radius 3 is 2.43 bits per heavy atom. The second-order valence-corrected chi connectivity index (χ2v) is 3.65. The quantitative estimate of drug-likeness (QED) is 0.285. The predicted octanol–water partition coefficient (Wildman–Crippen LogP) is 4.45. The van der Waals surface area contributed by atoms with Gasteiger partial charge >= 0.3 is 0 Å². The summed E-state index contributed by atoms with van der Waals surface area (Å²) < 4.78 is 5.38. The van der Waals surface area contributed by atoms with Crippen molar-refractivity contribution in [2.75, 3.05) is 0 Å². The van der Waals surface area contributed by atoms with Gasteiger partial charge in [-0.25, -0.2) is 0 Å². The van der Waals surface area contributed by atoms with Gasteiger partial charge in [0.2, 0.25) is 0 Å². The van der Waals surface area contributed by atoms with Crippen LogP contribution >= 0.6 is 0 Å². The molecule has 0 rings (SSSR count). The van der Waals surface area contributed by atoms with Gasteiger partial charge in [0.05, 0.1) is 6.26 Å². The summed E-state index contributed by atoms with van der Waals surface area (Å²) in [5.74, 6) is 0. The third kappa shape index (κ3) is 7.90. The van der Waals surface area contributed by atoms with Crippen molar-refractivity contribution in [3.63, 3.8) is 0 Å². The highest BCUT2D eigenvalue weighted by atomic mass is 16.5. The fourth-order valence-corrected chi connectivity index (χ4v) is 1.54. The Morgan fingerprint density at radius 2 is 1.86 bits per heavy atom. The monoisotopic (exact) mass is 196 g/mol. The zero-order valence-electron chi connectivity index (χ0n) is 9.50. The molecule has 0 aromatic rings. The topological polar surface area (TPSA) is 9.23 Å². The van der Waals surface area contributed by atoms with Crippen LogP contribution in [-0.2, 0) is 4.74 Å². The van der Waals surface area contributed by atoms with Crippen LogP contribution < -0.4 is 0 Å². The molecule has 0 aromatic heterocycles. The highest BCUT2D eigenvalue weighted by Gasteiger charge is 2.04. The summed E-state index contributed by atoms with van der Waals surface area (Å²) in [4.78, 5) is 0. The fourth-order valence-electron chi connectivity index (χ4n) is 1.54. The SMILES string of the molecule is C=CCC(CCCCCCC)OC=C. The van der Waals surface area contributed by atoms with Gasteiger partial charge in [-0.3, -0.25) is 0 Å². The molecule has 1 unspecified atom stereocenters. The molecule has 0 fully saturated rings. The van der Waals surface area contributed by atoms with E-state index >= 15 is 0 Å². The number of hydrogen-bond donors (Lipinski definition) is 0. The highest BCUT2D eigenvalue weighted by molar-refractivity contribution is 4.75. The second kappa shape index (κ2) is 10.4. The van der Waals surface area contributed by atoms with Crippen molar-refractivity contribution in [3.8, 4) is 0 Å². The molecule has 0 aliphatic carbocycles. The molecular formula is C13H24O. The van der Waals surface area contributed by atoms with Gasteiger partial charge in [-0.2, -0.15) is 0 Å². The number of rotatable bonds is 10. The van der Waals surface area contributed by atoms with E-state index in [0.717, 1.165) is 12.8 Å². The largest absolute Gasteiger partial charge is 0.498 e. The Labute approximate surface area is 88.9 Å². The molecule has 1 heteroatoms. The van der Waals surface area contributed by atoms with Crippen LogP contribution in [0.1, 0.15) is 51.9 Å². The molecule has 1 atom stereocenters. The molecule has 0 radical (unpaired) electrons. The van der Waals surface area contributed by atoms with Gasteiger partial charge in [0.15, 0.2) is 0 Å². The Balaban J connectivity index is 3.39. The molecule has 0 spiro atoms. The molecule has 0 heterocycles. The van der Waals surface area contributed by atoms with Gasteiger partial charge in [0.25, 0.3) is 0 Å². The summed E-state index contributed by atoms with van der Waals surface area (Å²) in [6.45, 7) is 9.55. The summed E-state index contributed by atoms with van der Waals surface area (Å²) in [5.41, 5.74) is 0. The Kier molecular flexibility index (Phi) is 9.83. The average molecular weight is 196 g/mol. The van der Waals surface area contributed by atoms with Crippen molar-refractivity contribution in [1.29, 1.82) is 0 Å². The third-order valence-corrected chi connectivity index (χ3v) is 2.35. The molecule has 0 aliphatic heterocycles. The van der Waals surface area contributed by atoms with Crippen LogP contribution in [0.2, 0.25) is 0 Å². The number of unbranched alkanes of at least 4 members (excludes halogenated alkanes) is 4. The maximum Gasteiger partial charge on any atom is 0.101 e. The molecule has 0 saturated heterocycles. The summed E-state index contributed by atoms with van der Waals surface area (Å²) in [6.07, 6.45) is 12.4. The normalized spacial score (nSPS) is 12.1. The Bertz CT molecular complexity index is 130. The molecule has 14 heavy (non-hydrogen) atoms. The van der Waals surface area contributed by atoms with E-state index in [1.165, 1.54) is 32.1 Å². The van der Waals surface area contributed by atoms with Crippen LogP contribution in [0.4, 0.5) is 0 Å². The molecule has 0 amide bonds. The lowest BCUT2D eigenvalue weighted by atomic mass is 10.1. The van der Waals surface area contributed by atoms with Crippen molar-refractivity contribution >= 4 is 0 Å². The first-order valence-corrected chi connectivity index (χ1v) is 5.72. The molecular weight excluding hydrogens is 172 g/mol. The minimum atomic E-state index is 0.298. The van der Waals surface area contributed by atoms with E-state index in [4.69, 9.17) is 4.74 Å². The van der Waals surface area contributed by atoms with E-state index in [0.29, 0.717) is 6.10 Å². The van der Waals surface area contributed by atoms with Gasteiger partial charge in [0, 0.05) is 6.42 Å². The van der Waals surface area contributed by atoms with Crippen LogP contribution in [-0.4, -0.2) is 6.10 Å². The number of ether oxygens (including phenoxy) is 1. The van der Waals surface area contributed by atoms with Crippen LogP contribution in [0.15, 0.2) is 25.5 Å². The van der Waals surface area contributed by atoms with Crippen molar-refractivity contribution in [2.24, 2.45) is 0 Å². The lowest BCUT2D eigenvalue weighted by molar-refractivity contribution is 0.136. The van der Waals surface area contributed by atoms with Crippen molar-refractivity contribution in [1.82, 2.24) is 0 Å². The zero-order chi connectivity index (χ0) is 10.6. The number of hydrogen-bond acceptors (Lipinski definition) is 1. The fraction of sp³-hybridized carbons (Fsp3) is 0.692. The standard InChI is InChI=1S/C13H24O/c1-4-7-8-9-10-12-13(11-5-2)14-6-3/h5-6,13H,2-4,7-12H2,1H3.